The summed E-state index contributed by atoms with van der Waals surface area (Å²) in [7, 11) is 0. The molecule has 84 valence electrons. The second-order valence-corrected chi connectivity index (χ2v) is 3.15. The molecule has 0 radical (unpaired) electrons. The van der Waals surface area contributed by atoms with Crippen LogP contribution in [-0.2, 0) is 6.18 Å². The number of hydrogen-bond donors (Lipinski definition) is 1. The minimum atomic E-state index is -4.59. The van der Waals surface area contributed by atoms with Crippen molar-refractivity contribution in [1.29, 1.82) is 0 Å². The number of H-pyrrole nitrogens is 1. The van der Waals surface area contributed by atoms with Gasteiger partial charge in [0.25, 0.3) is 0 Å². The Morgan fingerprint density at radius 2 is 1.94 bits per heavy atom. The molecule has 0 saturated heterocycles. The van der Waals surface area contributed by atoms with Gasteiger partial charge in [-0.15, -0.1) is 0 Å². The first-order chi connectivity index (χ1) is 7.48. The lowest BCUT2D eigenvalue weighted by Crippen LogP contribution is -2.07. The van der Waals surface area contributed by atoms with Crippen molar-refractivity contribution in [2.45, 2.75) is 6.18 Å². The molecule has 2 aromatic rings. The van der Waals surface area contributed by atoms with E-state index in [0.717, 1.165) is 12.1 Å². The van der Waals surface area contributed by atoms with Crippen LogP contribution in [0.25, 0.3) is 11.3 Å². The van der Waals surface area contributed by atoms with Crippen LogP contribution < -0.4 is 0 Å². The number of nitrogens with one attached hydrogen (secondary N) is 1. The fraction of sp³-hybridized carbons (Fsp3) is 0.100. The van der Waals surface area contributed by atoms with Crippen LogP contribution in [0.5, 0.6) is 0 Å². The molecule has 0 spiro atoms. The van der Waals surface area contributed by atoms with E-state index in [2.05, 4.69) is 9.97 Å². The van der Waals surface area contributed by atoms with E-state index < -0.39 is 17.6 Å². The summed E-state index contributed by atoms with van der Waals surface area (Å²) in [4.78, 5) is 6.18. The molecule has 1 heterocycles. The first-order valence-corrected chi connectivity index (χ1v) is 4.34. The standard InChI is InChI=1S/C10H6F4N2/c11-6-1-2-7(9-4-15-5-16-9)8(3-6)10(12,13)14/h1-5H,(H,15,16). The average Bonchev–Trinajstić information content (AvgIpc) is 2.69. The van der Waals surface area contributed by atoms with Crippen LogP contribution in [0, 0.1) is 5.82 Å². The molecular weight excluding hydrogens is 224 g/mol. The van der Waals surface area contributed by atoms with Crippen molar-refractivity contribution in [1.82, 2.24) is 9.97 Å². The molecule has 1 aromatic carbocycles. The van der Waals surface area contributed by atoms with Gasteiger partial charge in [-0.3, -0.25) is 0 Å². The Bertz CT molecular complexity index is 488. The summed E-state index contributed by atoms with van der Waals surface area (Å²) in [6, 6.07) is 2.52. The molecule has 0 unspecified atom stereocenters. The highest BCUT2D eigenvalue weighted by Crippen LogP contribution is 2.36. The minimum absolute atomic E-state index is 0.119. The van der Waals surface area contributed by atoms with Gasteiger partial charge in [-0.05, 0) is 18.2 Å². The first kappa shape index (κ1) is 10.7. The number of nitrogens with zero attached hydrogens (tertiary/aromatic N) is 1. The molecule has 0 aliphatic heterocycles. The van der Waals surface area contributed by atoms with Crippen molar-refractivity contribution < 1.29 is 17.6 Å². The number of hydrogen-bond acceptors (Lipinski definition) is 1. The molecular formula is C10H6F4N2. The van der Waals surface area contributed by atoms with E-state index in [-0.39, 0.29) is 11.3 Å². The van der Waals surface area contributed by atoms with Gasteiger partial charge in [0, 0.05) is 5.56 Å². The van der Waals surface area contributed by atoms with E-state index in [4.69, 9.17) is 0 Å². The van der Waals surface area contributed by atoms with Crippen LogP contribution in [0.3, 0.4) is 0 Å². The van der Waals surface area contributed by atoms with Crippen molar-refractivity contribution in [2.24, 2.45) is 0 Å². The SMILES string of the molecule is Fc1ccc(-c2cnc[nH]2)c(C(F)(F)F)c1. The van der Waals surface area contributed by atoms with Gasteiger partial charge in [0.15, 0.2) is 0 Å². The zero-order valence-electron chi connectivity index (χ0n) is 7.85. The predicted octanol–water partition coefficient (Wildman–Crippen LogP) is 3.23. The normalized spacial score (nSPS) is 11.8. The molecule has 2 rings (SSSR count). The fourth-order valence-corrected chi connectivity index (χ4v) is 1.39. The first-order valence-electron chi connectivity index (χ1n) is 4.34. The summed E-state index contributed by atoms with van der Waals surface area (Å²) >= 11 is 0. The Hall–Kier alpha value is -1.85. The number of aromatic nitrogens is 2. The highest BCUT2D eigenvalue weighted by molar-refractivity contribution is 5.63. The van der Waals surface area contributed by atoms with Gasteiger partial charge < -0.3 is 4.98 Å². The predicted molar refractivity (Wildman–Crippen MR) is 49.0 cm³/mol. The van der Waals surface area contributed by atoms with E-state index in [1.165, 1.54) is 12.5 Å². The largest absolute Gasteiger partial charge is 0.417 e. The van der Waals surface area contributed by atoms with Crippen molar-refractivity contribution in [2.75, 3.05) is 0 Å². The van der Waals surface area contributed by atoms with Crippen LogP contribution in [0.1, 0.15) is 5.56 Å². The van der Waals surface area contributed by atoms with E-state index in [1.807, 2.05) is 0 Å². The van der Waals surface area contributed by atoms with Gasteiger partial charge in [0.05, 0.1) is 23.8 Å². The molecule has 0 fully saturated rings. The molecule has 1 N–H and O–H groups in total. The number of aromatic amines is 1. The van der Waals surface area contributed by atoms with Gasteiger partial charge in [-0.25, -0.2) is 9.37 Å². The topological polar surface area (TPSA) is 28.7 Å². The van der Waals surface area contributed by atoms with Crippen molar-refractivity contribution >= 4 is 0 Å². The monoisotopic (exact) mass is 230 g/mol. The van der Waals surface area contributed by atoms with Crippen LogP contribution in [-0.4, -0.2) is 9.97 Å². The Morgan fingerprint density at radius 1 is 1.19 bits per heavy atom. The quantitative estimate of drug-likeness (QED) is 0.748. The summed E-state index contributed by atoms with van der Waals surface area (Å²) < 4.78 is 50.7. The third-order valence-electron chi connectivity index (χ3n) is 2.08. The van der Waals surface area contributed by atoms with E-state index >= 15 is 0 Å². The summed E-state index contributed by atoms with van der Waals surface area (Å²) in [5.74, 6) is -0.921. The second kappa shape index (κ2) is 3.62. The van der Waals surface area contributed by atoms with Gasteiger partial charge in [0.1, 0.15) is 5.82 Å². The van der Waals surface area contributed by atoms with E-state index in [9.17, 15) is 17.6 Å². The lowest BCUT2D eigenvalue weighted by Gasteiger charge is -2.11. The molecule has 0 aliphatic carbocycles. The zero-order chi connectivity index (χ0) is 11.8. The Kier molecular flexibility index (Phi) is 2.41. The third-order valence-corrected chi connectivity index (χ3v) is 2.08. The second-order valence-electron chi connectivity index (χ2n) is 3.15. The highest BCUT2D eigenvalue weighted by atomic mass is 19.4. The maximum Gasteiger partial charge on any atom is 0.417 e. The maximum atomic E-state index is 12.8. The lowest BCUT2D eigenvalue weighted by atomic mass is 10.0. The molecule has 0 aliphatic rings. The van der Waals surface area contributed by atoms with Crippen molar-refractivity contribution in [3.63, 3.8) is 0 Å². The van der Waals surface area contributed by atoms with Crippen LogP contribution in [0.15, 0.2) is 30.7 Å². The molecule has 0 saturated carbocycles. The molecule has 16 heavy (non-hydrogen) atoms. The third kappa shape index (κ3) is 1.91. The van der Waals surface area contributed by atoms with Crippen molar-refractivity contribution in [3.05, 3.63) is 42.1 Å². The zero-order valence-corrected chi connectivity index (χ0v) is 7.85. The van der Waals surface area contributed by atoms with E-state index in [0.29, 0.717) is 6.07 Å². The van der Waals surface area contributed by atoms with Crippen LogP contribution in [0.4, 0.5) is 17.6 Å². The Balaban J connectivity index is 2.62. The van der Waals surface area contributed by atoms with Crippen molar-refractivity contribution in [3.8, 4) is 11.3 Å². The summed E-state index contributed by atoms with van der Waals surface area (Å²) in [6.45, 7) is 0. The Morgan fingerprint density at radius 3 is 2.50 bits per heavy atom. The molecule has 6 heteroatoms. The number of benzene rings is 1. The maximum absolute atomic E-state index is 12.8. The highest BCUT2D eigenvalue weighted by Gasteiger charge is 2.34. The number of halogens is 4. The lowest BCUT2D eigenvalue weighted by molar-refractivity contribution is -0.137. The minimum Gasteiger partial charge on any atom is -0.345 e. The summed E-state index contributed by atoms with van der Waals surface area (Å²) in [6.07, 6.45) is -2.08. The van der Waals surface area contributed by atoms with Crippen LogP contribution >= 0.6 is 0 Å². The molecule has 2 nitrogen and oxygen atoms in total. The van der Waals surface area contributed by atoms with Gasteiger partial charge >= 0.3 is 6.18 Å². The Labute approximate surface area is 87.9 Å². The van der Waals surface area contributed by atoms with Crippen LogP contribution in [0.2, 0.25) is 0 Å². The van der Waals surface area contributed by atoms with Gasteiger partial charge in [0.2, 0.25) is 0 Å². The van der Waals surface area contributed by atoms with Gasteiger partial charge in [-0.2, -0.15) is 13.2 Å². The molecule has 0 atom stereocenters. The number of rotatable bonds is 1. The van der Waals surface area contributed by atoms with E-state index in [1.54, 1.807) is 0 Å². The molecule has 1 aromatic heterocycles. The fourth-order valence-electron chi connectivity index (χ4n) is 1.39. The summed E-state index contributed by atoms with van der Waals surface area (Å²) in [5, 5.41) is 0. The number of alkyl halides is 3. The van der Waals surface area contributed by atoms with Gasteiger partial charge in [-0.1, -0.05) is 0 Å². The average molecular weight is 230 g/mol. The molecule has 0 amide bonds. The summed E-state index contributed by atoms with van der Waals surface area (Å²) in [5.41, 5.74) is -0.935. The molecule has 0 bridgehead atoms. The smallest absolute Gasteiger partial charge is 0.345 e. The number of imidazole rings is 1.